The van der Waals surface area contributed by atoms with Crippen LogP contribution in [0.15, 0.2) is 53.0 Å². The molecule has 0 bridgehead atoms. The minimum absolute atomic E-state index is 0.120. The number of halogens is 1. The van der Waals surface area contributed by atoms with Crippen molar-refractivity contribution in [1.29, 1.82) is 0 Å². The number of nitrogens with zero attached hydrogens (tertiary/aromatic N) is 3. The number of anilines is 1. The van der Waals surface area contributed by atoms with Crippen LogP contribution in [0.5, 0.6) is 0 Å². The molecule has 0 radical (unpaired) electrons. The number of para-hydroxylation sites is 3. The van der Waals surface area contributed by atoms with E-state index < -0.39 is 0 Å². The third-order valence-corrected chi connectivity index (χ3v) is 7.72. The molecule has 1 amide bonds. The molecule has 2 aromatic carbocycles. The Labute approximate surface area is 212 Å². The molecule has 0 saturated carbocycles. The second kappa shape index (κ2) is 12.5. The van der Waals surface area contributed by atoms with Gasteiger partial charge in [0.2, 0.25) is 5.91 Å². The van der Waals surface area contributed by atoms with Crippen molar-refractivity contribution in [2.45, 2.75) is 90.0 Å². The zero-order valence-electron chi connectivity index (χ0n) is 20.5. The van der Waals surface area contributed by atoms with Crippen LogP contribution in [0.3, 0.4) is 0 Å². The second-order valence-electron chi connectivity index (χ2n) is 9.65. The van der Waals surface area contributed by atoms with Gasteiger partial charge in [-0.05, 0) is 46.6 Å². The molecule has 1 aliphatic heterocycles. The lowest BCUT2D eigenvalue weighted by atomic mass is 10.1. The van der Waals surface area contributed by atoms with Gasteiger partial charge >= 0.3 is 0 Å². The van der Waals surface area contributed by atoms with Crippen molar-refractivity contribution >= 4 is 38.6 Å². The summed E-state index contributed by atoms with van der Waals surface area (Å²) in [6.45, 7) is 3.94. The fraction of sp³-hybridized carbons (Fsp3) is 0.517. The van der Waals surface area contributed by atoms with E-state index in [-0.39, 0.29) is 11.8 Å². The second-order valence-corrected chi connectivity index (χ2v) is 10.5. The van der Waals surface area contributed by atoms with Crippen LogP contribution in [-0.4, -0.2) is 22.0 Å². The maximum atomic E-state index is 12.9. The molecule has 34 heavy (non-hydrogen) atoms. The van der Waals surface area contributed by atoms with Crippen LogP contribution in [0.25, 0.3) is 11.0 Å². The third-order valence-electron chi connectivity index (χ3n) is 7.05. The first-order valence-corrected chi connectivity index (χ1v) is 14.0. The summed E-state index contributed by atoms with van der Waals surface area (Å²) >= 11 is 3.61. The van der Waals surface area contributed by atoms with Crippen LogP contribution in [0.2, 0.25) is 0 Å². The van der Waals surface area contributed by atoms with Gasteiger partial charge in [0, 0.05) is 29.9 Å². The Hall–Kier alpha value is -2.14. The molecule has 0 spiro atoms. The summed E-state index contributed by atoms with van der Waals surface area (Å²) in [6.07, 6.45) is 13.9. The van der Waals surface area contributed by atoms with E-state index in [2.05, 4.69) is 51.7 Å². The first-order valence-electron chi connectivity index (χ1n) is 13.2. The van der Waals surface area contributed by atoms with Gasteiger partial charge in [0.1, 0.15) is 5.82 Å². The summed E-state index contributed by atoms with van der Waals surface area (Å²) in [4.78, 5) is 19.9. The zero-order chi connectivity index (χ0) is 23.8. The Bertz CT molecular complexity index is 1080. The summed E-state index contributed by atoms with van der Waals surface area (Å²) in [7, 11) is 0. The zero-order valence-corrected chi connectivity index (χ0v) is 22.1. The van der Waals surface area contributed by atoms with Gasteiger partial charge < -0.3 is 9.47 Å². The number of aromatic nitrogens is 2. The molecule has 4 rings (SSSR count). The minimum atomic E-state index is 0.120. The first-order chi connectivity index (χ1) is 16.7. The minimum Gasteiger partial charge on any atom is -0.328 e. The van der Waals surface area contributed by atoms with E-state index >= 15 is 0 Å². The lowest BCUT2D eigenvalue weighted by molar-refractivity contribution is -0.117. The molecule has 0 N–H and O–H groups in total. The molecule has 1 unspecified atom stereocenters. The van der Waals surface area contributed by atoms with Crippen molar-refractivity contribution in [3.8, 4) is 0 Å². The fourth-order valence-electron chi connectivity index (χ4n) is 5.18. The highest BCUT2D eigenvalue weighted by Crippen LogP contribution is 2.36. The molecule has 1 aliphatic rings. The lowest BCUT2D eigenvalue weighted by Crippen LogP contribution is -2.25. The molecule has 182 valence electrons. The summed E-state index contributed by atoms with van der Waals surface area (Å²) in [5, 5.41) is 0. The van der Waals surface area contributed by atoms with Crippen LogP contribution in [0, 0.1) is 0 Å². The van der Waals surface area contributed by atoms with Crippen molar-refractivity contribution < 1.29 is 4.79 Å². The average molecular weight is 525 g/mol. The Balaban J connectivity index is 1.37. The standard InChI is InChI=1S/C29H38BrN3O/c1-2-3-4-5-6-7-8-9-10-15-20-32-27-19-14-12-17-25(27)31-29(32)23-21-28(34)33(22-23)26-18-13-11-16-24(26)30/h11-14,16-19,23H,2-10,15,20-22H2,1H3. The number of amides is 1. The number of benzene rings is 2. The van der Waals surface area contributed by atoms with Crippen molar-refractivity contribution in [3.05, 3.63) is 58.8 Å². The van der Waals surface area contributed by atoms with Gasteiger partial charge in [0.15, 0.2) is 0 Å². The number of hydrogen-bond donors (Lipinski definition) is 0. The maximum Gasteiger partial charge on any atom is 0.227 e. The number of aryl methyl sites for hydroxylation is 1. The van der Waals surface area contributed by atoms with Crippen molar-refractivity contribution in [3.63, 3.8) is 0 Å². The Morgan fingerprint density at radius 2 is 1.53 bits per heavy atom. The summed E-state index contributed by atoms with van der Waals surface area (Å²) < 4.78 is 3.35. The number of unbranched alkanes of at least 4 members (excludes halogenated alkanes) is 9. The first kappa shape index (κ1) is 25.0. The largest absolute Gasteiger partial charge is 0.328 e. The van der Waals surface area contributed by atoms with Gasteiger partial charge in [-0.15, -0.1) is 0 Å². The van der Waals surface area contributed by atoms with E-state index in [1.807, 2.05) is 29.2 Å². The molecule has 3 aromatic rings. The van der Waals surface area contributed by atoms with E-state index in [9.17, 15) is 4.79 Å². The Morgan fingerprint density at radius 1 is 0.882 bits per heavy atom. The van der Waals surface area contributed by atoms with Crippen molar-refractivity contribution in [2.24, 2.45) is 0 Å². The van der Waals surface area contributed by atoms with Gasteiger partial charge in [-0.2, -0.15) is 0 Å². The quantitative estimate of drug-likeness (QED) is 0.211. The predicted molar refractivity (Wildman–Crippen MR) is 145 cm³/mol. The van der Waals surface area contributed by atoms with Gasteiger partial charge in [0.25, 0.3) is 0 Å². The highest BCUT2D eigenvalue weighted by atomic mass is 79.9. The van der Waals surface area contributed by atoms with E-state index in [4.69, 9.17) is 4.98 Å². The molecule has 1 fully saturated rings. The normalized spacial score (nSPS) is 16.1. The summed E-state index contributed by atoms with van der Waals surface area (Å²) in [5.41, 5.74) is 3.18. The Morgan fingerprint density at radius 3 is 2.26 bits per heavy atom. The van der Waals surface area contributed by atoms with Crippen molar-refractivity contribution in [2.75, 3.05) is 11.4 Å². The highest BCUT2D eigenvalue weighted by Gasteiger charge is 2.35. The van der Waals surface area contributed by atoms with E-state index in [0.717, 1.165) is 34.5 Å². The van der Waals surface area contributed by atoms with E-state index in [1.54, 1.807) is 0 Å². The Kier molecular flexibility index (Phi) is 9.20. The van der Waals surface area contributed by atoms with Crippen molar-refractivity contribution in [1.82, 2.24) is 9.55 Å². The summed E-state index contributed by atoms with van der Waals surface area (Å²) in [6, 6.07) is 16.4. The molecule has 0 aliphatic carbocycles. The molecule has 2 heterocycles. The highest BCUT2D eigenvalue weighted by molar-refractivity contribution is 9.10. The monoisotopic (exact) mass is 523 g/mol. The average Bonchev–Trinajstić information content (AvgIpc) is 3.41. The number of fused-ring (bicyclic) bond motifs is 1. The lowest BCUT2D eigenvalue weighted by Gasteiger charge is -2.18. The van der Waals surface area contributed by atoms with E-state index in [0.29, 0.717) is 13.0 Å². The molecular weight excluding hydrogens is 486 g/mol. The third kappa shape index (κ3) is 6.10. The van der Waals surface area contributed by atoms with Gasteiger partial charge in [-0.25, -0.2) is 4.98 Å². The van der Waals surface area contributed by atoms with Gasteiger partial charge in [-0.3, -0.25) is 4.79 Å². The van der Waals surface area contributed by atoms with Crippen LogP contribution in [-0.2, 0) is 11.3 Å². The van der Waals surface area contributed by atoms with Crippen LogP contribution in [0.1, 0.15) is 89.3 Å². The van der Waals surface area contributed by atoms with Crippen LogP contribution >= 0.6 is 15.9 Å². The molecule has 1 atom stereocenters. The smallest absolute Gasteiger partial charge is 0.227 e. The van der Waals surface area contributed by atoms with Gasteiger partial charge in [0.05, 0.1) is 16.7 Å². The molecule has 4 nitrogen and oxygen atoms in total. The fourth-order valence-corrected chi connectivity index (χ4v) is 5.68. The molecule has 5 heteroatoms. The van der Waals surface area contributed by atoms with Gasteiger partial charge in [-0.1, -0.05) is 89.0 Å². The number of rotatable bonds is 13. The van der Waals surface area contributed by atoms with E-state index in [1.165, 1.54) is 63.3 Å². The van der Waals surface area contributed by atoms with Crippen LogP contribution in [0.4, 0.5) is 5.69 Å². The molecule has 1 aromatic heterocycles. The number of hydrogen-bond acceptors (Lipinski definition) is 2. The summed E-state index contributed by atoms with van der Waals surface area (Å²) in [5.74, 6) is 1.37. The molecular formula is C29H38BrN3O. The predicted octanol–water partition coefficient (Wildman–Crippen LogP) is 8.24. The number of carbonyl (C=O) groups excluding carboxylic acids is 1. The SMILES string of the molecule is CCCCCCCCCCCCn1c(C2CC(=O)N(c3ccccc3Br)C2)nc2ccccc21. The maximum absolute atomic E-state index is 12.9. The number of carbonyl (C=O) groups is 1. The number of imidazole rings is 1. The molecule has 1 saturated heterocycles. The topological polar surface area (TPSA) is 38.1 Å². The van der Waals surface area contributed by atoms with Crippen LogP contribution < -0.4 is 4.90 Å².